The van der Waals surface area contributed by atoms with E-state index in [1.165, 1.54) is 11.0 Å². The highest BCUT2D eigenvalue weighted by molar-refractivity contribution is 6.00. The molecule has 3 aromatic rings. The number of morpholine rings is 1. The molecular formula is C21H19FN2O4. The first kappa shape index (κ1) is 18.2. The van der Waals surface area contributed by atoms with Crippen LogP contribution in [0.5, 0.6) is 0 Å². The van der Waals surface area contributed by atoms with Crippen LogP contribution in [0.25, 0.3) is 10.9 Å². The molecule has 2 aromatic carbocycles. The van der Waals surface area contributed by atoms with E-state index in [0.717, 1.165) is 10.9 Å². The number of fused-ring (bicyclic) bond motifs is 1. The molecule has 2 heterocycles. The van der Waals surface area contributed by atoms with Crippen molar-refractivity contribution in [2.24, 2.45) is 0 Å². The molecule has 1 aliphatic rings. The number of para-hydroxylation sites is 1. The van der Waals surface area contributed by atoms with Gasteiger partial charge < -0.3 is 19.3 Å². The van der Waals surface area contributed by atoms with Crippen LogP contribution in [0.15, 0.2) is 54.6 Å². The van der Waals surface area contributed by atoms with Crippen molar-refractivity contribution in [1.29, 1.82) is 0 Å². The van der Waals surface area contributed by atoms with Crippen LogP contribution >= 0.6 is 0 Å². The lowest BCUT2D eigenvalue weighted by Crippen LogP contribution is -2.52. The average molecular weight is 382 g/mol. The largest absolute Gasteiger partial charge is 0.480 e. The number of carbonyl (C=O) groups is 2. The zero-order valence-corrected chi connectivity index (χ0v) is 15.0. The second-order valence-corrected chi connectivity index (χ2v) is 6.69. The van der Waals surface area contributed by atoms with E-state index in [2.05, 4.69) is 0 Å². The maximum absolute atomic E-state index is 14.2. The number of carboxylic acids is 1. The Balaban J connectivity index is 1.79. The summed E-state index contributed by atoms with van der Waals surface area (Å²) in [5.74, 6) is -1.86. The van der Waals surface area contributed by atoms with E-state index in [1.54, 1.807) is 28.8 Å². The summed E-state index contributed by atoms with van der Waals surface area (Å²) in [6.07, 6.45) is 0. The third-order valence-corrected chi connectivity index (χ3v) is 4.99. The topological polar surface area (TPSA) is 71.8 Å². The number of aromatic nitrogens is 1. The number of benzene rings is 2. The minimum atomic E-state index is -1.11. The molecule has 1 aliphatic heterocycles. The number of nitrogens with zero attached hydrogens (tertiary/aromatic N) is 2. The van der Waals surface area contributed by atoms with Gasteiger partial charge in [0.25, 0.3) is 5.91 Å². The van der Waals surface area contributed by atoms with Crippen LogP contribution < -0.4 is 0 Å². The fourth-order valence-electron chi connectivity index (χ4n) is 3.55. The molecule has 7 heteroatoms. The van der Waals surface area contributed by atoms with Gasteiger partial charge in [-0.05, 0) is 18.2 Å². The predicted octanol–water partition coefficient (Wildman–Crippen LogP) is 2.75. The summed E-state index contributed by atoms with van der Waals surface area (Å²) < 4.78 is 21.2. The lowest BCUT2D eigenvalue weighted by molar-refractivity contribution is -0.147. The molecule has 1 fully saturated rings. The molecular weight excluding hydrogens is 363 g/mol. The van der Waals surface area contributed by atoms with Gasteiger partial charge in [-0.2, -0.15) is 0 Å². The molecule has 4 rings (SSSR count). The highest BCUT2D eigenvalue weighted by Crippen LogP contribution is 2.24. The second-order valence-electron chi connectivity index (χ2n) is 6.69. The van der Waals surface area contributed by atoms with Gasteiger partial charge in [0.05, 0.1) is 19.8 Å². The van der Waals surface area contributed by atoms with Crippen LogP contribution in [0.2, 0.25) is 0 Å². The fourth-order valence-corrected chi connectivity index (χ4v) is 3.55. The third-order valence-electron chi connectivity index (χ3n) is 4.99. The second kappa shape index (κ2) is 7.44. The maximum atomic E-state index is 14.2. The fraction of sp³-hybridized carbons (Fsp3) is 0.238. The first-order chi connectivity index (χ1) is 13.6. The van der Waals surface area contributed by atoms with Gasteiger partial charge in [-0.3, -0.25) is 4.79 Å². The SMILES string of the molecule is O=C(O)C1COCCN1C(=O)c1cc2ccccc2n1Cc1ccccc1F. The van der Waals surface area contributed by atoms with Crippen molar-refractivity contribution in [3.63, 3.8) is 0 Å². The summed E-state index contributed by atoms with van der Waals surface area (Å²) in [4.78, 5) is 26.2. The van der Waals surface area contributed by atoms with Gasteiger partial charge in [-0.25, -0.2) is 9.18 Å². The predicted molar refractivity (Wildman–Crippen MR) is 101 cm³/mol. The third kappa shape index (κ3) is 3.25. The van der Waals surface area contributed by atoms with E-state index in [-0.39, 0.29) is 32.1 Å². The number of amides is 1. The maximum Gasteiger partial charge on any atom is 0.328 e. The molecule has 28 heavy (non-hydrogen) atoms. The van der Waals surface area contributed by atoms with E-state index < -0.39 is 17.9 Å². The summed E-state index contributed by atoms with van der Waals surface area (Å²) in [5.41, 5.74) is 1.57. The zero-order chi connectivity index (χ0) is 19.7. The Bertz CT molecular complexity index is 1050. The van der Waals surface area contributed by atoms with Crippen molar-refractivity contribution in [1.82, 2.24) is 9.47 Å². The minimum Gasteiger partial charge on any atom is -0.480 e. The number of ether oxygens (including phenoxy) is 1. The van der Waals surface area contributed by atoms with Crippen molar-refractivity contribution in [3.8, 4) is 0 Å². The van der Waals surface area contributed by atoms with Gasteiger partial charge in [0, 0.05) is 23.0 Å². The van der Waals surface area contributed by atoms with Gasteiger partial charge in [0.2, 0.25) is 0 Å². The minimum absolute atomic E-state index is 0.0470. The summed E-state index contributed by atoms with van der Waals surface area (Å²) >= 11 is 0. The lowest BCUT2D eigenvalue weighted by Gasteiger charge is -2.33. The Labute approximate surface area is 160 Å². The van der Waals surface area contributed by atoms with Crippen molar-refractivity contribution < 1.29 is 23.8 Å². The normalized spacial score (nSPS) is 17.0. The Morgan fingerprint density at radius 3 is 2.68 bits per heavy atom. The number of rotatable bonds is 4. The van der Waals surface area contributed by atoms with Gasteiger partial charge in [-0.15, -0.1) is 0 Å². The molecule has 0 bridgehead atoms. The molecule has 144 valence electrons. The number of hydrogen-bond donors (Lipinski definition) is 1. The highest BCUT2D eigenvalue weighted by atomic mass is 19.1. The molecule has 1 N–H and O–H groups in total. The Hall–Kier alpha value is -3.19. The molecule has 0 radical (unpaired) electrons. The Morgan fingerprint density at radius 2 is 1.89 bits per heavy atom. The summed E-state index contributed by atoms with van der Waals surface area (Å²) in [6, 6.07) is 14.5. The summed E-state index contributed by atoms with van der Waals surface area (Å²) in [7, 11) is 0. The number of carboxylic acid groups (broad SMARTS) is 1. The van der Waals surface area contributed by atoms with Crippen molar-refractivity contribution in [2.45, 2.75) is 12.6 Å². The first-order valence-corrected chi connectivity index (χ1v) is 8.99. The molecule has 1 atom stereocenters. The van der Waals surface area contributed by atoms with E-state index in [0.29, 0.717) is 11.3 Å². The average Bonchev–Trinajstić information content (AvgIpc) is 3.07. The number of halogens is 1. The molecule has 1 unspecified atom stereocenters. The number of aliphatic carboxylic acids is 1. The Morgan fingerprint density at radius 1 is 1.14 bits per heavy atom. The van der Waals surface area contributed by atoms with Gasteiger partial charge in [-0.1, -0.05) is 36.4 Å². The van der Waals surface area contributed by atoms with E-state index >= 15 is 0 Å². The molecule has 0 saturated carbocycles. The molecule has 1 saturated heterocycles. The molecule has 0 spiro atoms. The van der Waals surface area contributed by atoms with Crippen LogP contribution in [-0.2, 0) is 16.1 Å². The van der Waals surface area contributed by atoms with Gasteiger partial charge in [0.1, 0.15) is 11.5 Å². The molecule has 1 aromatic heterocycles. The van der Waals surface area contributed by atoms with Crippen LogP contribution in [0.1, 0.15) is 16.1 Å². The highest BCUT2D eigenvalue weighted by Gasteiger charge is 2.34. The molecule has 0 aliphatic carbocycles. The zero-order valence-electron chi connectivity index (χ0n) is 15.0. The standard InChI is InChI=1S/C21H19FN2O4/c22-16-7-3-1-6-15(16)12-24-17-8-4-2-5-14(17)11-18(24)20(25)23-9-10-28-13-19(23)21(26)27/h1-8,11,19H,9-10,12-13H2,(H,26,27). The lowest BCUT2D eigenvalue weighted by atomic mass is 10.2. The molecule has 6 nitrogen and oxygen atoms in total. The number of hydrogen-bond acceptors (Lipinski definition) is 3. The van der Waals surface area contributed by atoms with Crippen molar-refractivity contribution >= 4 is 22.8 Å². The van der Waals surface area contributed by atoms with Crippen LogP contribution in [0, 0.1) is 5.82 Å². The number of carbonyl (C=O) groups excluding carboxylic acids is 1. The Kier molecular flexibility index (Phi) is 4.83. The van der Waals surface area contributed by atoms with Gasteiger partial charge in [0.15, 0.2) is 6.04 Å². The monoisotopic (exact) mass is 382 g/mol. The quantitative estimate of drug-likeness (QED) is 0.753. The van der Waals surface area contributed by atoms with E-state index in [1.807, 2.05) is 24.3 Å². The van der Waals surface area contributed by atoms with Gasteiger partial charge >= 0.3 is 5.97 Å². The van der Waals surface area contributed by atoms with Crippen molar-refractivity contribution in [2.75, 3.05) is 19.8 Å². The van der Waals surface area contributed by atoms with Crippen molar-refractivity contribution in [3.05, 3.63) is 71.7 Å². The van der Waals surface area contributed by atoms with E-state index in [9.17, 15) is 19.1 Å². The van der Waals surface area contributed by atoms with Crippen LogP contribution in [-0.4, -0.2) is 52.3 Å². The summed E-state index contributed by atoms with van der Waals surface area (Å²) in [5, 5.41) is 10.3. The van der Waals surface area contributed by atoms with Crippen LogP contribution in [0.3, 0.4) is 0 Å². The van der Waals surface area contributed by atoms with E-state index in [4.69, 9.17) is 4.74 Å². The smallest absolute Gasteiger partial charge is 0.328 e. The summed E-state index contributed by atoms with van der Waals surface area (Å²) in [6.45, 7) is 0.595. The van der Waals surface area contributed by atoms with Crippen LogP contribution in [0.4, 0.5) is 4.39 Å². The first-order valence-electron chi connectivity index (χ1n) is 8.99. The molecule has 1 amide bonds.